The fraction of sp³-hybridized carbons (Fsp3) is 0.458. The predicted molar refractivity (Wildman–Crippen MR) is 118 cm³/mol. The normalized spacial score (nSPS) is 19.1. The fourth-order valence-corrected chi connectivity index (χ4v) is 4.07. The molecule has 2 aromatic carbocycles. The number of hydrogen-bond acceptors (Lipinski definition) is 4. The number of aryl methyl sites for hydroxylation is 1. The van der Waals surface area contributed by atoms with Gasteiger partial charge in [-0.3, -0.25) is 0 Å². The number of alkyl halides is 3. The lowest BCUT2D eigenvalue weighted by atomic mass is 9.84. The molecule has 0 fully saturated rings. The van der Waals surface area contributed by atoms with Crippen molar-refractivity contribution in [3.05, 3.63) is 58.1 Å². The number of benzene rings is 2. The van der Waals surface area contributed by atoms with Gasteiger partial charge in [-0.1, -0.05) is 39.0 Å². The number of carbonyl (C=O) groups excluding carboxylic acids is 1. The first-order chi connectivity index (χ1) is 15.2. The number of amides is 2. The van der Waals surface area contributed by atoms with Gasteiger partial charge in [-0.2, -0.15) is 13.2 Å². The average molecular weight is 467 g/mol. The molecule has 6 nitrogen and oxygen atoms in total. The summed E-state index contributed by atoms with van der Waals surface area (Å²) in [6.45, 7) is 7.33. The molecule has 2 amide bonds. The van der Waals surface area contributed by atoms with Gasteiger partial charge in [0.05, 0.1) is 24.9 Å². The number of halogens is 3. The van der Waals surface area contributed by atoms with E-state index in [1.807, 2.05) is 19.1 Å². The first-order valence-electron chi connectivity index (χ1n) is 10.5. The molecule has 0 bridgehead atoms. The molecule has 3 rings (SSSR count). The first-order valence-corrected chi connectivity index (χ1v) is 10.5. The number of rotatable bonds is 4. The molecule has 3 atom stereocenters. The van der Waals surface area contributed by atoms with Crippen molar-refractivity contribution in [1.82, 2.24) is 5.32 Å². The van der Waals surface area contributed by atoms with E-state index in [0.717, 1.165) is 16.7 Å². The Morgan fingerprint density at radius 1 is 1.21 bits per heavy atom. The van der Waals surface area contributed by atoms with Gasteiger partial charge in [0.25, 0.3) is 0 Å². The van der Waals surface area contributed by atoms with Crippen LogP contribution >= 0.6 is 0 Å². The van der Waals surface area contributed by atoms with Crippen LogP contribution in [-0.4, -0.2) is 35.6 Å². The van der Waals surface area contributed by atoms with Gasteiger partial charge < -0.3 is 25.6 Å². The number of urea groups is 1. The van der Waals surface area contributed by atoms with Gasteiger partial charge in [0.1, 0.15) is 5.75 Å². The van der Waals surface area contributed by atoms with Crippen LogP contribution in [0, 0.1) is 6.92 Å². The number of hydrogen-bond donors (Lipinski definition) is 4. The van der Waals surface area contributed by atoms with E-state index in [9.17, 15) is 28.2 Å². The lowest BCUT2D eigenvalue weighted by Gasteiger charge is -2.26. The minimum atomic E-state index is -4.92. The molecule has 180 valence electrons. The maximum absolute atomic E-state index is 13.3. The third-order valence-corrected chi connectivity index (χ3v) is 5.93. The minimum Gasteiger partial charge on any atom is -0.494 e. The van der Waals surface area contributed by atoms with Crippen LogP contribution in [-0.2, 0) is 11.8 Å². The zero-order valence-electron chi connectivity index (χ0n) is 19.2. The standard InChI is InChI=1S/C24H29F3N2O4/c1-12-7-6-8-14-15(12)11-17(19(14)30)28-22(32)29-18-10-13(23(2,3)4)9-16(20(18)33-5)21(31)24(25,26)27/h6-10,17,19,21,30-31H,11H2,1-5H3,(H2,28,29,32)/t17-,19-,21?/m1/s1. The Morgan fingerprint density at radius 2 is 1.88 bits per heavy atom. The fourth-order valence-electron chi connectivity index (χ4n) is 4.07. The summed E-state index contributed by atoms with van der Waals surface area (Å²) in [5, 5.41) is 25.8. The van der Waals surface area contributed by atoms with Crippen molar-refractivity contribution in [2.24, 2.45) is 0 Å². The van der Waals surface area contributed by atoms with Gasteiger partial charge in [-0.25, -0.2) is 4.79 Å². The molecule has 2 aromatic rings. The second-order valence-corrected chi connectivity index (χ2v) is 9.34. The third-order valence-electron chi connectivity index (χ3n) is 5.93. The zero-order valence-corrected chi connectivity index (χ0v) is 19.2. The quantitative estimate of drug-likeness (QED) is 0.527. The Balaban J connectivity index is 1.91. The van der Waals surface area contributed by atoms with Crippen LogP contribution in [0.3, 0.4) is 0 Å². The maximum atomic E-state index is 13.3. The highest BCUT2D eigenvalue weighted by molar-refractivity contribution is 5.92. The van der Waals surface area contributed by atoms with Crippen LogP contribution in [0.1, 0.15) is 60.8 Å². The molecular weight excluding hydrogens is 437 g/mol. The smallest absolute Gasteiger partial charge is 0.418 e. The highest BCUT2D eigenvalue weighted by Crippen LogP contribution is 2.43. The second-order valence-electron chi connectivity index (χ2n) is 9.34. The molecule has 0 spiro atoms. The molecule has 0 aliphatic heterocycles. The Kier molecular flexibility index (Phi) is 6.68. The van der Waals surface area contributed by atoms with E-state index in [-0.39, 0.29) is 11.4 Å². The summed E-state index contributed by atoms with van der Waals surface area (Å²) in [7, 11) is 1.17. The van der Waals surface area contributed by atoms with E-state index < -0.39 is 41.4 Å². The third kappa shape index (κ3) is 5.09. The molecule has 0 saturated heterocycles. The minimum absolute atomic E-state index is 0.0121. The van der Waals surface area contributed by atoms with Crippen LogP contribution in [0.2, 0.25) is 0 Å². The molecule has 9 heteroatoms. The van der Waals surface area contributed by atoms with Crippen molar-refractivity contribution >= 4 is 11.7 Å². The van der Waals surface area contributed by atoms with Crippen molar-refractivity contribution in [2.75, 3.05) is 12.4 Å². The molecule has 1 aliphatic rings. The molecule has 0 heterocycles. The topological polar surface area (TPSA) is 90.8 Å². The van der Waals surface area contributed by atoms with E-state index in [0.29, 0.717) is 12.0 Å². The predicted octanol–water partition coefficient (Wildman–Crippen LogP) is 4.68. The van der Waals surface area contributed by atoms with Gasteiger partial charge in [-0.15, -0.1) is 0 Å². The number of fused-ring (bicyclic) bond motifs is 1. The highest BCUT2D eigenvalue weighted by Gasteiger charge is 2.42. The summed E-state index contributed by atoms with van der Waals surface area (Å²) in [6.07, 6.45) is -8.18. The van der Waals surface area contributed by atoms with Crippen molar-refractivity contribution in [1.29, 1.82) is 0 Å². The monoisotopic (exact) mass is 466 g/mol. The summed E-state index contributed by atoms with van der Waals surface area (Å²) >= 11 is 0. The van der Waals surface area contributed by atoms with Gasteiger partial charge in [-0.05, 0) is 53.1 Å². The number of carbonyl (C=O) groups is 1. The second kappa shape index (κ2) is 8.87. The maximum Gasteiger partial charge on any atom is 0.418 e. The molecule has 0 radical (unpaired) electrons. The van der Waals surface area contributed by atoms with E-state index >= 15 is 0 Å². The van der Waals surface area contributed by atoms with Gasteiger partial charge in [0.15, 0.2) is 6.10 Å². The van der Waals surface area contributed by atoms with Crippen molar-refractivity contribution in [3.8, 4) is 5.75 Å². The Bertz CT molecular complexity index is 1050. The molecule has 4 N–H and O–H groups in total. The van der Waals surface area contributed by atoms with E-state index in [1.54, 1.807) is 26.8 Å². The highest BCUT2D eigenvalue weighted by atomic mass is 19.4. The SMILES string of the molecule is COc1c(NC(=O)N[C@@H]2Cc3c(C)cccc3[C@H]2O)cc(C(C)(C)C)cc1C(O)C(F)(F)F. The van der Waals surface area contributed by atoms with Crippen LogP contribution in [0.25, 0.3) is 0 Å². The summed E-state index contributed by atoms with van der Waals surface area (Å²) in [4.78, 5) is 12.8. The number of methoxy groups -OCH3 is 1. The number of nitrogens with one attached hydrogen (secondary N) is 2. The molecule has 1 aliphatic carbocycles. The Labute approximate surface area is 190 Å². The molecular formula is C24H29F3N2O4. The van der Waals surface area contributed by atoms with Crippen LogP contribution < -0.4 is 15.4 Å². The van der Waals surface area contributed by atoms with Crippen molar-refractivity contribution in [3.63, 3.8) is 0 Å². The van der Waals surface area contributed by atoms with Crippen LogP contribution in [0.5, 0.6) is 5.75 Å². The number of ether oxygens (including phenoxy) is 1. The molecule has 1 unspecified atom stereocenters. The molecule has 0 aromatic heterocycles. The van der Waals surface area contributed by atoms with Crippen LogP contribution in [0.4, 0.5) is 23.7 Å². The van der Waals surface area contributed by atoms with Crippen molar-refractivity contribution < 1.29 is 32.9 Å². The number of anilines is 1. The van der Waals surface area contributed by atoms with Gasteiger partial charge in [0, 0.05) is 5.56 Å². The summed E-state index contributed by atoms with van der Waals surface area (Å²) in [5.74, 6) is -0.283. The first kappa shape index (κ1) is 24.9. The Morgan fingerprint density at radius 3 is 2.42 bits per heavy atom. The van der Waals surface area contributed by atoms with Gasteiger partial charge >= 0.3 is 12.2 Å². The average Bonchev–Trinajstić information content (AvgIpc) is 3.02. The number of aliphatic hydroxyl groups excluding tert-OH is 2. The Hall–Kier alpha value is -2.78. The van der Waals surface area contributed by atoms with E-state index in [4.69, 9.17) is 4.74 Å². The molecule has 33 heavy (non-hydrogen) atoms. The molecule has 0 saturated carbocycles. The lowest BCUT2D eigenvalue weighted by molar-refractivity contribution is -0.207. The van der Waals surface area contributed by atoms with Gasteiger partial charge in [0.2, 0.25) is 0 Å². The number of aliphatic hydroxyl groups is 2. The zero-order chi connectivity index (χ0) is 24.7. The van der Waals surface area contributed by atoms with E-state index in [1.165, 1.54) is 19.2 Å². The van der Waals surface area contributed by atoms with Crippen LogP contribution in [0.15, 0.2) is 30.3 Å². The summed E-state index contributed by atoms with van der Waals surface area (Å²) in [5.41, 5.74) is 2.10. The largest absolute Gasteiger partial charge is 0.494 e. The lowest BCUT2D eigenvalue weighted by Crippen LogP contribution is -2.40. The van der Waals surface area contributed by atoms with E-state index in [2.05, 4.69) is 10.6 Å². The summed E-state index contributed by atoms with van der Waals surface area (Å²) < 4.78 is 45.1. The van der Waals surface area contributed by atoms with Crippen molar-refractivity contribution in [2.45, 2.75) is 64.0 Å². The summed E-state index contributed by atoms with van der Waals surface area (Å²) in [6, 6.07) is 7.00.